The minimum absolute atomic E-state index is 0.0837. The molecule has 1 aliphatic carbocycles. The average Bonchev–Trinajstić information content (AvgIpc) is 2.01. The van der Waals surface area contributed by atoms with Crippen molar-refractivity contribution in [2.45, 2.75) is 46.1 Å². The number of thioether (sulfide) groups is 1. The van der Waals surface area contributed by atoms with Gasteiger partial charge in [0, 0.05) is 6.04 Å². The molecule has 2 nitrogen and oxygen atoms in total. The number of carbonyl (C=O) groups excluding carboxylic acids is 1. The third kappa shape index (κ3) is 4.18. The van der Waals surface area contributed by atoms with E-state index < -0.39 is 0 Å². The smallest absolute Gasteiger partial charge is 0.283 e. The lowest BCUT2D eigenvalue weighted by Gasteiger charge is -2.17. The molecule has 0 aromatic rings. The fourth-order valence-corrected chi connectivity index (χ4v) is 2.63. The normalized spacial score (nSPS) is 22.0. The molecule has 1 amide bonds. The van der Waals surface area contributed by atoms with Crippen LogP contribution in [0.1, 0.15) is 40.0 Å². The number of nitrogens with one attached hydrogen (secondary N) is 1. The minimum Gasteiger partial charge on any atom is -0.345 e. The molecule has 14 heavy (non-hydrogen) atoms. The Morgan fingerprint density at radius 1 is 1.64 bits per heavy atom. The molecule has 1 unspecified atom stereocenters. The summed E-state index contributed by atoms with van der Waals surface area (Å²) in [5.74, 6) is 0.637. The van der Waals surface area contributed by atoms with Gasteiger partial charge in [0.1, 0.15) is 0 Å². The zero-order valence-corrected chi connectivity index (χ0v) is 9.99. The fraction of sp³-hybridized carbons (Fsp3) is 0.727. The van der Waals surface area contributed by atoms with E-state index in [0.717, 1.165) is 6.42 Å². The summed E-state index contributed by atoms with van der Waals surface area (Å²) in [6, 6.07) is 0.233. The molecule has 1 rings (SSSR count). The Hall–Kier alpha value is -0.440. The molecule has 0 bridgehead atoms. The lowest BCUT2D eigenvalue weighted by molar-refractivity contribution is 0.259. The van der Waals surface area contributed by atoms with Crippen molar-refractivity contribution in [3.05, 3.63) is 11.0 Å². The summed E-state index contributed by atoms with van der Waals surface area (Å²) in [5.41, 5.74) is 0. The second-order valence-electron chi connectivity index (χ2n) is 4.19. The molecule has 0 saturated heterocycles. The van der Waals surface area contributed by atoms with Crippen molar-refractivity contribution in [1.82, 2.24) is 5.32 Å². The van der Waals surface area contributed by atoms with Gasteiger partial charge in [-0.3, -0.25) is 4.79 Å². The van der Waals surface area contributed by atoms with Crippen LogP contribution in [0.5, 0.6) is 0 Å². The third-order valence-corrected chi connectivity index (χ3v) is 3.09. The Morgan fingerprint density at radius 2 is 2.36 bits per heavy atom. The molecule has 0 spiro atoms. The minimum atomic E-state index is 0.0837. The Kier molecular flexibility index (Phi) is 4.52. The van der Waals surface area contributed by atoms with Gasteiger partial charge in [-0.05, 0) is 55.7 Å². The van der Waals surface area contributed by atoms with Crippen LogP contribution in [0, 0.1) is 5.92 Å². The first-order chi connectivity index (χ1) is 6.58. The summed E-state index contributed by atoms with van der Waals surface area (Å²) in [5, 5.41) is 2.97. The number of amides is 1. The van der Waals surface area contributed by atoms with Gasteiger partial charge in [-0.2, -0.15) is 0 Å². The Labute approximate surface area is 90.5 Å². The van der Waals surface area contributed by atoms with Gasteiger partial charge < -0.3 is 5.32 Å². The Morgan fingerprint density at radius 3 is 2.93 bits per heavy atom. The van der Waals surface area contributed by atoms with Crippen molar-refractivity contribution in [2.24, 2.45) is 5.92 Å². The third-order valence-electron chi connectivity index (χ3n) is 2.18. The first kappa shape index (κ1) is 11.6. The van der Waals surface area contributed by atoms with E-state index in [-0.39, 0.29) is 11.3 Å². The van der Waals surface area contributed by atoms with Crippen LogP contribution < -0.4 is 5.32 Å². The molecule has 0 aliphatic heterocycles. The summed E-state index contributed by atoms with van der Waals surface area (Å²) in [7, 11) is 0. The summed E-state index contributed by atoms with van der Waals surface area (Å²) in [4.78, 5) is 12.7. The first-order valence-electron chi connectivity index (χ1n) is 5.27. The van der Waals surface area contributed by atoms with E-state index in [9.17, 15) is 4.79 Å². The van der Waals surface area contributed by atoms with Crippen molar-refractivity contribution < 1.29 is 4.79 Å². The molecule has 1 N–H and O–H groups in total. The van der Waals surface area contributed by atoms with Crippen LogP contribution in [0.15, 0.2) is 11.0 Å². The molecule has 1 atom stereocenters. The molecule has 0 aromatic heterocycles. The zero-order valence-electron chi connectivity index (χ0n) is 9.17. The van der Waals surface area contributed by atoms with Crippen molar-refractivity contribution >= 4 is 17.0 Å². The van der Waals surface area contributed by atoms with Gasteiger partial charge in [0.05, 0.1) is 0 Å². The fourth-order valence-electron chi connectivity index (χ4n) is 1.55. The number of hydrogen-bond donors (Lipinski definition) is 1. The lowest BCUT2D eigenvalue weighted by Crippen LogP contribution is -2.26. The number of carbonyl (C=O) groups is 1. The SMILES string of the molecule is CC1C=C(SC(=O)NC(C)C)CCC1. The standard InChI is InChI=1S/C11H19NOS/c1-8(2)12-11(13)14-10-6-4-5-9(3)7-10/h7-9H,4-6H2,1-3H3,(H,12,13). The maximum atomic E-state index is 11.4. The summed E-state index contributed by atoms with van der Waals surface area (Å²) >= 11 is 1.36. The van der Waals surface area contributed by atoms with Crippen LogP contribution in [-0.2, 0) is 0 Å². The van der Waals surface area contributed by atoms with E-state index in [1.165, 1.54) is 29.5 Å². The number of hydrogen-bond acceptors (Lipinski definition) is 2. The first-order valence-corrected chi connectivity index (χ1v) is 6.08. The Bertz CT molecular complexity index is 235. The zero-order chi connectivity index (χ0) is 10.6. The van der Waals surface area contributed by atoms with E-state index in [2.05, 4.69) is 18.3 Å². The van der Waals surface area contributed by atoms with Gasteiger partial charge in [-0.1, -0.05) is 13.0 Å². The van der Waals surface area contributed by atoms with Gasteiger partial charge in [-0.15, -0.1) is 0 Å². The molecule has 0 heterocycles. The highest BCUT2D eigenvalue weighted by Gasteiger charge is 2.13. The predicted molar refractivity (Wildman–Crippen MR) is 62.4 cm³/mol. The second-order valence-corrected chi connectivity index (χ2v) is 5.29. The van der Waals surface area contributed by atoms with Crippen LogP contribution in [0.3, 0.4) is 0 Å². The molecule has 80 valence electrons. The van der Waals surface area contributed by atoms with Crippen LogP contribution in [-0.4, -0.2) is 11.3 Å². The maximum Gasteiger partial charge on any atom is 0.283 e. The predicted octanol–water partition coefficient (Wildman–Crippen LogP) is 3.54. The van der Waals surface area contributed by atoms with Crippen LogP contribution in [0.4, 0.5) is 4.79 Å². The van der Waals surface area contributed by atoms with Gasteiger partial charge in [-0.25, -0.2) is 0 Å². The van der Waals surface area contributed by atoms with Crippen LogP contribution in [0.2, 0.25) is 0 Å². The van der Waals surface area contributed by atoms with Crippen molar-refractivity contribution in [1.29, 1.82) is 0 Å². The van der Waals surface area contributed by atoms with Crippen molar-refractivity contribution in [3.8, 4) is 0 Å². The lowest BCUT2D eigenvalue weighted by atomic mass is 9.98. The topological polar surface area (TPSA) is 29.1 Å². The quantitative estimate of drug-likeness (QED) is 0.760. The summed E-state index contributed by atoms with van der Waals surface area (Å²) in [6.45, 7) is 6.17. The van der Waals surface area contributed by atoms with Crippen LogP contribution >= 0.6 is 11.8 Å². The Balaban J connectivity index is 2.39. The molecule has 0 fully saturated rings. The van der Waals surface area contributed by atoms with Gasteiger partial charge in [0.2, 0.25) is 0 Å². The molecule has 3 heteroatoms. The van der Waals surface area contributed by atoms with Crippen molar-refractivity contribution in [2.75, 3.05) is 0 Å². The maximum absolute atomic E-state index is 11.4. The van der Waals surface area contributed by atoms with E-state index in [4.69, 9.17) is 0 Å². The highest BCUT2D eigenvalue weighted by Crippen LogP contribution is 2.30. The van der Waals surface area contributed by atoms with Gasteiger partial charge in [0.15, 0.2) is 0 Å². The molecule has 0 saturated carbocycles. The van der Waals surface area contributed by atoms with Crippen molar-refractivity contribution in [3.63, 3.8) is 0 Å². The van der Waals surface area contributed by atoms with E-state index in [0.29, 0.717) is 5.92 Å². The summed E-state index contributed by atoms with van der Waals surface area (Å²) < 4.78 is 0. The molecular weight excluding hydrogens is 194 g/mol. The monoisotopic (exact) mass is 213 g/mol. The van der Waals surface area contributed by atoms with E-state index in [1.54, 1.807) is 0 Å². The van der Waals surface area contributed by atoms with E-state index in [1.807, 2.05) is 13.8 Å². The van der Waals surface area contributed by atoms with E-state index >= 15 is 0 Å². The molecule has 0 radical (unpaired) electrons. The molecule has 1 aliphatic rings. The summed E-state index contributed by atoms with van der Waals surface area (Å²) in [6.07, 6.45) is 5.78. The highest BCUT2D eigenvalue weighted by atomic mass is 32.2. The van der Waals surface area contributed by atoms with Gasteiger partial charge >= 0.3 is 0 Å². The molecule has 0 aromatic carbocycles. The number of rotatable bonds is 2. The second kappa shape index (κ2) is 5.44. The number of allylic oxidation sites excluding steroid dienone is 2. The molecular formula is C11H19NOS. The largest absolute Gasteiger partial charge is 0.345 e. The van der Waals surface area contributed by atoms with Crippen LogP contribution in [0.25, 0.3) is 0 Å². The van der Waals surface area contributed by atoms with Gasteiger partial charge in [0.25, 0.3) is 5.24 Å². The highest BCUT2D eigenvalue weighted by molar-refractivity contribution is 8.16. The average molecular weight is 213 g/mol.